The van der Waals surface area contributed by atoms with Crippen LogP contribution in [0.4, 0.5) is 5.69 Å². The Morgan fingerprint density at radius 1 is 1.10 bits per heavy atom. The molecular weight excluding hydrogens is 516 g/mol. The third-order valence-corrected chi connectivity index (χ3v) is 7.88. The van der Waals surface area contributed by atoms with Crippen LogP contribution in [-0.4, -0.2) is 46.0 Å². The highest BCUT2D eigenvalue weighted by Gasteiger charge is 2.30. The van der Waals surface area contributed by atoms with Gasteiger partial charge in [-0.2, -0.15) is 5.10 Å². The van der Waals surface area contributed by atoms with Gasteiger partial charge in [0.15, 0.2) is 5.65 Å². The van der Waals surface area contributed by atoms with Crippen molar-refractivity contribution in [1.82, 2.24) is 29.3 Å². The van der Waals surface area contributed by atoms with Gasteiger partial charge in [-0.1, -0.05) is 20.3 Å². The smallest absolute Gasteiger partial charge is 0.250 e. The highest BCUT2D eigenvalue weighted by atomic mass is 16.3. The Hall–Kier alpha value is -4.57. The van der Waals surface area contributed by atoms with Crippen molar-refractivity contribution in [3.8, 4) is 22.6 Å². The predicted octanol–water partition coefficient (Wildman–Crippen LogP) is 5.26. The average Bonchev–Trinajstić information content (AvgIpc) is 3.54. The monoisotopic (exact) mass is 550 g/mol. The fourth-order valence-corrected chi connectivity index (χ4v) is 5.77. The highest BCUT2D eigenvalue weighted by Crippen LogP contribution is 2.35. The molecule has 6 rings (SSSR count). The molecule has 4 heterocycles. The third kappa shape index (κ3) is 4.84. The van der Waals surface area contributed by atoms with Gasteiger partial charge in [-0.05, 0) is 74.9 Å². The molecule has 4 N–H and O–H groups in total. The Labute approximate surface area is 238 Å². The maximum Gasteiger partial charge on any atom is 0.250 e. The molecule has 1 amide bonds. The second-order valence-electron chi connectivity index (χ2n) is 11.1. The summed E-state index contributed by atoms with van der Waals surface area (Å²) < 4.78 is 3.86. The first-order valence-electron chi connectivity index (χ1n) is 14.0. The molecule has 10 heteroatoms. The van der Waals surface area contributed by atoms with Crippen molar-refractivity contribution in [3.63, 3.8) is 0 Å². The van der Waals surface area contributed by atoms with Crippen LogP contribution in [0, 0.1) is 6.92 Å². The fourth-order valence-electron chi connectivity index (χ4n) is 5.77. The number of amides is 1. The Morgan fingerprint density at radius 3 is 2.61 bits per heavy atom. The molecular formula is C31H34N8O2. The number of hydrogen-bond donors (Lipinski definition) is 3. The van der Waals surface area contributed by atoms with Crippen molar-refractivity contribution in [2.24, 2.45) is 5.73 Å². The second kappa shape index (κ2) is 10.4. The van der Waals surface area contributed by atoms with E-state index in [4.69, 9.17) is 20.8 Å². The third-order valence-electron chi connectivity index (χ3n) is 7.88. The molecule has 1 fully saturated rings. The number of imidazole rings is 1. The fraction of sp³-hybridized carbons (Fsp3) is 0.323. The van der Waals surface area contributed by atoms with Crippen LogP contribution in [0.1, 0.15) is 73.6 Å². The molecule has 0 spiro atoms. The van der Waals surface area contributed by atoms with Crippen molar-refractivity contribution >= 4 is 22.6 Å². The van der Waals surface area contributed by atoms with Crippen LogP contribution >= 0.6 is 0 Å². The summed E-state index contributed by atoms with van der Waals surface area (Å²) in [5.41, 5.74) is 11.4. The summed E-state index contributed by atoms with van der Waals surface area (Å²) in [6.45, 7) is 6.25. The molecule has 10 nitrogen and oxygen atoms in total. The summed E-state index contributed by atoms with van der Waals surface area (Å²) in [6, 6.07) is 11.2. The zero-order valence-corrected chi connectivity index (χ0v) is 23.5. The number of aliphatic hydroxyl groups is 1. The van der Waals surface area contributed by atoms with E-state index in [1.54, 1.807) is 23.1 Å². The van der Waals surface area contributed by atoms with Gasteiger partial charge < -0.3 is 20.7 Å². The van der Waals surface area contributed by atoms with Gasteiger partial charge in [0.1, 0.15) is 12.1 Å². The van der Waals surface area contributed by atoms with Crippen LogP contribution < -0.4 is 11.1 Å². The molecule has 1 aliphatic carbocycles. The number of carbonyl (C=O) groups is 1. The summed E-state index contributed by atoms with van der Waals surface area (Å²) >= 11 is 0. The van der Waals surface area contributed by atoms with Crippen molar-refractivity contribution in [3.05, 3.63) is 78.3 Å². The van der Waals surface area contributed by atoms with E-state index < -0.39 is 11.6 Å². The summed E-state index contributed by atoms with van der Waals surface area (Å²) in [4.78, 5) is 26.0. The number of hydrogen-bond acceptors (Lipinski definition) is 7. The summed E-state index contributed by atoms with van der Waals surface area (Å²) in [6.07, 6.45) is 11.3. The summed E-state index contributed by atoms with van der Waals surface area (Å²) in [5, 5.41) is 20.4. The maximum atomic E-state index is 12.3. The Balaban J connectivity index is 1.50. The minimum absolute atomic E-state index is 0.105. The summed E-state index contributed by atoms with van der Waals surface area (Å²) in [5.74, 6) is -0.458. The molecule has 0 unspecified atom stereocenters. The molecule has 5 aromatic rings. The SMILES string of the molecule is Cc1c(-c2cccnc2)ncn1-c1ccnc2c1c(C(C)C)nn2-c1ccc(C(N)=O)c(NC2(O)CCCCC2)c1. The molecule has 41 heavy (non-hydrogen) atoms. The van der Waals surface area contributed by atoms with Gasteiger partial charge in [0.25, 0.3) is 5.91 Å². The lowest BCUT2D eigenvalue weighted by atomic mass is 9.91. The predicted molar refractivity (Wildman–Crippen MR) is 158 cm³/mol. The normalized spacial score (nSPS) is 15.0. The van der Waals surface area contributed by atoms with Gasteiger partial charge in [-0.15, -0.1) is 0 Å². The van der Waals surface area contributed by atoms with E-state index in [2.05, 4.69) is 28.7 Å². The van der Waals surface area contributed by atoms with Crippen LogP contribution in [0.25, 0.3) is 33.7 Å². The van der Waals surface area contributed by atoms with E-state index >= 15 is 0 Å². The number of primary amides is 1. The van der Waals surface area contributed by atoms with Gasteiger partial charge in [0.2, 0.25) is 0 Å². The van der Waals surface area contributed by atoms with E-state index in [0.29, 0.717) is 35.4 Å². The first-order chi connectivity index (χ1) is 19.8. The Bertz CT molecular complexity index is 1730. The van der Waals surface area contributed by atoms with E-state index in [9.17, 15) is 9.90 Å². The number of nitrogens with two attached hydrogens (primary N) is 1. The number of anilines is 1. The average molecular weight is 551 g/mol. The van der Waals surface area contributed by atoms with Gasteiger partial charge in [0.05, 0.1) is 39.4 Å². The number of nitrogens with one attached hydrogen (secondary N) is 1. The van der Waals surface area contributed by atoms with Crippen molar-refractivity contribution in [2.45, 2.75) is 64.5 Å². The summed E-state index contributed by atoms with van der Waals surface area (Å²) in [7, 11) is 0. The molecule has 0 atom stereocenters. The number of pyridine rings is 2. The molecule has 0 radical (unpaired) electrons. The lowest BCUT2D eigenvalue weighted by Crippen LogP contribution is -2.40. The molecule has 1 saturated carbocycles. The minimum atomic E-state index is -1.09. The standard InChI is InChI=1S/C31H34N8O2/c1-19(2)27-26-25(38-18-35-28(20(38)3)21-8-7-14-33-17-21)11-15-34-30(26)39(37-27)22-9-10-23(29(32)40)24(16-22)36-31(41)12-5-4-6-13-31/h7-11,14-19,36,41H,4-6,12-13H2,1-3H3,(H2,32,40). The number of carbonyl (C=O) groups excluding carboxylic acids is 1. The van der Waals surface area contributed by atoms with Gasteiger partial charge >= 0.3 is 0 Å². The Morgan fingerprint density at radius 2 is 1.90 bits per heavy atom. The molecule has 210 valence electrons. The number of fused-ring (bicyclic) bond motifs is 1. The second-order valence-corrected chi connectivity index (χ2v) is 11.1. The van der Waals surface area contributed by atoms with Crippen molar-refractivity contribution < 1.29 is 9.90 Å². The first kappa shape index (κ1) is 26.6. The van der Waals surface area contributed by atoms with E-state index in [1.165, 1.54) is 0 Å². The quantitative estimate of drug-likeness (QED) is 0.235. The molecule has 0 saturated heterocycles. The lowest BCUT2D eigenvalue weighted by Gasteiger charge is -2.34. The highest BCUT2D eigenvalue weighted by molar-refractivity contribution is 5.99. The van der Waals surface area contributed by atoms with E-state index in [0.717, 1.165) is 53.0 Å². The van der Waals surface area contributed by atoms with Crippen LogP contribution in [0.15, 0.2) is 61.3 Å². The van der Waals surface area contributed by atoms with Gasteiger partial charge in [0, 0.05) is 29.8 Å². The largest absolute Gasteiger partial charge is 0.371 e. The van der Waals surface area contributed by atoms with Crippen LogP contribution in [0.2, 0.25) is 0 Å². The molecule has 1 aliphatic rings. The van der Waals surface area contributed by atoms with Crippen molar-refractivity contribution in [1.29, 1.82) is 0 Å². The molecule has 4 aromatic heterocycles. The van der Waals surface area contributed by atoms with E-state index in [1.807, 2.05) is 49.8 Å². The van der Waals surface area contributed by atoms with Crippen LogP contribution in [0.5, 0.6) is 0 Å². The van der Waals surface area contributed by atoms with Crippen LogP contribution in [-0.2, 0) is 0 Å². The number of aromatic nitrogens is 6. The molecule has 0 aliphatic heterocycles. The Kier molecular flexibility index (Phi) is 6.78. The first-order valence-corrected chi connectivity index (χ1v) is 14.0. The van der Waals surface area contributed by atoms with E-state index in [-0.39, 0.29) is 5.92 Å². The minimum Gasteiger partial charge on any atom is -0.371 e. The van der Waals surface area contributed by atoms with Crippen LogP contribution in [0.3, 0.4) is 0 Å². The zero-order chi connectivity index (χ0) is 28.7. The van der Waals surface area contributed by atoms with Gasteiger partial charge in [-0.3, -0.25) is 9.78 Å². The van der Waals surface area contributed by atoms with Crippen molar-refractivity contribution in [2.75, 3.05) is 5.32 Å². The number of nitrogens with zero attached hydrogens (tertiary/aromatic N) is 6. The number of rotatable bonds is 7. The maximum absolute atomic E-state index is 12.3. The number of benzene rings is 1. The molecule has 0 bridgehead atoms. The molecule has 1 aromatic carbocycles. The lowest BCUT2D eigenvalue weighted by molar-refractivity contribution is 0.0316. The topological polar surface area (TPSA) is 137 Å². The zero-order valence-electron chi connectivity index (χ0n) is 23.5. The van der Waals surface area contributed by atoms with Gasteiger partial charge in [-0.25, -0.2) is 14.6 Å².